The molecule has 4 atom stereocenters. The third-order valence-corrected chi connectivity index (χ3v) is 5.77. The summed E-state index contributed by atoms with van der Waals surface area (Å²) < 4.78 is 0. The summed E-state index contributed by atoms with van der Waals surface area (Å²) in [7, 11) is 0. The lowest BCUT2D eigenvalue weighted by molar-refractivity contribution is -0.139. The third kappa shape index (κ3) is 2.02. The van der Waals surface area contributed by atoms with Crippen LogP contribution in [0.5, 0.6) is 0 Å². The van der Waals surface area contributed by atoms with Crippen molar-refractivity contribution in [3.8, 4) is 0 Å². The van der Waals surface area contributed by atoms with Gasteiger partial charge in [0.2, 0.25) is 5.91 Å². The zero-order chi connectivity index (χ0) is 14.4. The smallest absolute Gasteiger partial charge is 0.222 e. The SMILES string of the molecule is CCC(=O)N1[C@@H]2CC[C@H]1[C@@H]1CC[C@H]2N1Cc1ccccc1. The minimum atomic E-state index is 0.374. The van der Waals surface area contributed by atoms with Gasteiger partial charge in [0.15, 0.2) is 0 Å². The molecule has 112 valence electrons. The Morgan fingerprint density at radius 3 is 2.14 bits per heavy atom. The highest BCUT2D eigenvalue weighted by atomic mass is 16.2. The van der Waals surface area contributed by atoms with Crippen molar-refractivity contribution in [3.63, 3.8) is 0 Å². The fourth-order valence-electron chi connectivity index (χ4n) is 4.95. The van der Waals surface area contributed by atoms with Crippen LogP contribution in [0.1, 0.15) is 44.6 Å². The van der Waals surface area contributed by atoms with Crippen molar-refractivity contribution < 1.29 is 4.79 Å². The van der Waals surface area contributed by atoms with Crippen LogP contribution in [0.15, 0.2) is 30.3 Å². The molecule has 3 fully saturated rings. The monoisotopic (exact) mass is 284 g/mol. The average molecular weight is 284 g/mol. The number of benzene rings is 1. The lowest BCUT2D eigenvalue weighted by atomic mass is 10.0. The molecule has 0 unspecified atom stereocenters. The maximum absolute atomic E-state index is 12.3. The molecule has 1 aromatic rings. The van der Waals surface area contributed by atoms with Crippen LogP contribution in [0.3, 0.4) is 0 Å². The zero-order valence-electron chi connectivity index (χ0n) is 12.7. The Labute approximate surface area is 126 Å². The number of carbonyl (C=O) groups excluding carboxylic acids is 1. The molecule has 4 bridgehead atoms. The van der Waals surface area contributed by atoms with Crippen LogP contribution < -0.4 is 0 Å². The number of fused-ring (bicyclic) bond motifs is 6. The van der Waals surface area contributed by atoms with Gasteiger partial charge in [-0.1, -0.05) is 37.3 Å². The Kier molecular flexibility index (Phi) is 3.26. The van der Waals surface area contributed by atoms with Crippen LogP contribution in [0.2, 0.25) is 0 Å². The Bertz CT molecular complexity index is 509. The van der Waals surface area contributed by atoms with Gasteiger partial charge in [-0.2, -0.15) is 0 Å². The summed E-state index contributed by atoms with van der Waals surface area (Å²) in [5, 5.41) is 0. The van der Waals surface area contributed by atoms with E-state index >= 15 is 0 Å². The van der Waals surface area contributed by atoms with Crippen molar-refractivity contribution in [1.82, 2.24) is 9.80 Å². The number of rotatable bonds is 3. The fraction of sp³-hybridized carbons (Fsp3) is 0.611. The highest BCUT2D eigenvalue weighted by Gasteiger charge is 2.55. The average Bonchev–Trinajstić information content (AvgIpc) is 3.01. The quantitative estimate of drug-likeness (QED) is 0.852. The van der Waals surface area contributed by atoms with Crippen molar-refractivity contribution in [1.29, 1.82) is 0 Å². The Hall–Kier alpha value is -1.35. The van der Waals surface area contributed by atoms with Crippen LogP contribution in [-0.2, 0) is 11.3 Å². The number of nitrogens with zero attached hydrogens (tertiary/aromatic N) is 2. The van der Waals surface area contributed by atoms with Crippen molar-refractivity contribution >= 4 is 5.91 Å². The zero-order valence-corrected chi connectivity index (χ0v) is 12.7. The number of piperazine rings is 1. The van der Waals surface area contributed by atoms with Crippen LogP contribution in [-0.4, -0.2) is 39.9 Å². The summed E-state index contributed by atoms with van der Waals surface area (Å²) in [6, 6.07) is 12.9. The van der Waals surface area contributed by atoms with E-state index in [1.807, 2.05) is 6.92 Å². The first-order valence-electron chi connectivity index (χ1n) is 8.40. The molecule has 0 aliphatic carbocycles. The summed E-state index contributed by atoms with van der Waals surface area (Å²) in [6.45, 7) is 3.05. The molecule has 0 N–H and O–H groups in total. The maximum atomic E-state index is 12.3. The summed E-state index contributed by atoms with van der Waals surface area (Å²) in [4.78, 5) is 17.3. The van der Waals surface area contributed by atoms with Crippen molar-refractivity contribution in [2.75, 3.05) is 0 Å². The molecular formula is C18H24N2O. The standard InChI is InChI=1S/C18H24N2O/c1-2-18(21)20-16-10-11-17(20)15-9-8-14(16)19(15)12-13-6-4-3-5-7-13/h3-7,14-17H,2,8-12H2,1H3/t14-,15+,16-,17+. The highest BCUT2D eigenvalue weighted by Crippen LogP contribution is 2.46. The van der Waals surface area contributed by atoms with E-state index in [9.17, 15) is 4.79 Å². The molecule has 3 heterocycles. The number of amides is 1. The molecule has 1 aromatic carbocycles. The largest absolute Gasteiger partial charge is 0.334 e. The third-order valence-electron chi connectivity index (χ3n) is 5.77. The van der Waals surface area contributed by atoms with Gasteiger partial charge >= 0.3 is 0 Å². The van der Waals surface area contributed by atoms with E-state index in [-0.39, 0.29) is 0 Å². The van der Waals surface area contributed by atoms with E-state index < -0.39 is 0 Å². The van der Waals surface area contributed by atoms with E-state index in [2.05, 4.69) is 40.1 Å². The molecule has 0 radical (unpaired) electrons. The molecular weight excluding hydrogens is 260 g/mol. The number of carbonyl (C=O) groups is 1. The van der Waals surface area contributed by atoms with Gasteiger partial charge in [0, 0.05) is 37.1 Å². The van der Waals surface area contributed by atoms with Gasteiger partial charge in [-0.15, -0.1) is 0 Å². The minimum absolute atomic E-state index is 0.374. The molecule has 1 amide bonds. The van der Waals surface area contributed by atoms with Crippen LogP contribution in [0.4, 0.5) is 0 Å². The second-order valence-corrected chi connectivity index (χ2v) is 6.74. The molecule has 0 saturated carbocycles. The molecule has 21 heavy (non-hydrogen) atoms. The normalized spacial score (nSPS) is 34.4. The molecule has 3 saturated heterocycles. The lowest BCUT2D eigenvalue weighted by Gasteiger charge is -2.47. The summed E-state index contributed by atoms with van der Waals surface area (Å²) in [6.07, 6.45) is 5.62. The van der Waals surface area contributed by atoms with Crippen molar-refractivity contribution in [3.05, 3.63) is 35.9 Å². The van der Waals surface area contributed by atoms with E-state index in [1.165, 1.54) is 31.2 Å². The topological polar surface area (TPSA) is 23.6 Å². The van der Waals surface area contributed by atoms with E-state index in [4.69, 9.17) is 0 Å². The molecule has 3 aliphatic heterocycles. The highest BCUT2D eigenvalue weighted by molar-refractivity contribution is 5.77. The Morgan fingerprint density at radius 2 is 1.57 bits per heavy atom. The first-order valence-corrected chi connectivity index (χ1v) is 8.40. The second kappa shape index (κ2) is 5.13. The molecule has 0 spiro atoms. The summed E-state index contributed by atoms with van der Waals surface area (Å²) in [5.74, 6) is 0.374. The first kappa shape index (κ1) is 13.3. The van der Waals surface area contributed by atoms with Crippen molar-refractivity contribution in [2.24, 2.45) is 0 Å². The second-order valence-electron chi connectivity index (χ2n) is 6.74. The van der Waals surface area contributed by atoms with Crippen LogP contribution in [0, 0.1) is 0 Å². The summed E-state index contributed by atoms with van der Waals surface area (Å²) >= 11 is 0. The summed E-state index contributed by atoms with van der Waals surface area (Å²) in [5.41, 5.74) is 1.41. The predicted octanol–water partition coefficient (Wildman–Crippen LogP) is 2.80. The van der Waals surface area contributed by atoms with E-state index in [1.54, 1.807) is 0 Å². The van der Waals surface area contributed by atoms with Gasteiger partial charge in [-0.3, -0.25) is 9.69 Å². The lowest BCUT2D eigenvalue weighted by Crippen LogP contribution is -2.61. The maximum Gasteiger partial charge on any atom is 0.222 e. The van der Waals surface area contributed by atoms with Gasteiger partial charge < -0.3 is 4.90 Å². The molecule has 3 heteroatoms. The van der Waals surface area contributed by atoms with Gasteiger partial charge in [0.05, 0.1) is 0 Å². The molecule has 3 aliphatic rings. The Balaban J connectivity index is 1.59. The predicted molar refractivity (Wildman–Crippen MR) is 82.7 cm³/mol. The minimum Gasteiger partial charge on any atom is -0.334 e. The molecule has 3 nitrogen and oxygen atoms in total. The molecule has 4 rings (SSSR count). The van der Waals surface area contributed by atoms with Crippen LogP contribution in [0.25, 0.3) is 0 Å². The Morgan fingerprint density at radius 1 is 1.00 bits per heavy atom. The number of hydrogen-bond donors (Lipinski definition) is 0. The fourth-order valence-corrected chi connectivity index (χ4v) is 4.95. The van der Waals surface area contributed by atoms with Crippen LogP contribution >= 0.6 is 0 Å². The number of hydrogen-bond acceptors (Lipinski definition) is 2. The van der Waals surface area contributed by atoms with E-state index in [0.717, 1.165) is 6.54 Å². The van der Waals surface area contributed by atoms with Crippen molar-refractivity contribution in [2.45, 2.75) is 69.7 Å². The first-order chi connectivity index (χ1) is 10.3. The van der Waals surface area contributed by atoms with Gasteiger partial charge in [0.25, 0.3) is 0 Å². The van der Waals surface area contributed by atoms with Gasteiger partial charge in [0.1, 0.15) is 0 Å². The molecule has 0 aromatic heterocycles. The van der Waals surface area contributed by atoms with Gasteiger partial charge in [-0.25, -0.2) is 0 Å². The van der Waals surface area contributed by atoms with Gasteiger partial charge in [-0.05, 0) is 31.2 Å². The van der Waals surface area contributed by atoms with E-state index in [0.29, 0.717) is 36.5 Å².